The quantitative estimate of drug-likeness (QED) is 0.567. The Morgan fingerprint density at radius 3 is 2.57 bits per heavy atom. The first-order chi connectivity index (χ1) is 14.3. The van der Waals surface area contributed by atoms with Gasteiger partial charge in [-0.25, -0.2) is 28.3 Å². The predicted molar refractivity (Wildman–Crippen MR) is 115 cm³/mol. The summed E-state index contributed by atoms with van der Waals surface area (Å²) < 4.78 is 23.3. The van der Waals surface area contributed by atoms with Crippen LogP contribution < -0.4 is 11.4 Å². The van der Waals surface area contributed by atoms with Gasteiger partial charge in [-0.3, -0.25) is 4.57 Å². The van der Waals surface area contributed by atoms with E-state index in [2.05, 4.69) is 9.97 Å². The Morgan fingerprint density at radius 1 is 1.30 bits per heavy atom. The van der Waals surface area contributed by atoms with Crippen LogP contribution >= 0.6 is 0 Å². The summed E-state index contributed by atoms with van der Waals surface area (Å²) in [4.78, 5) is 36.1. The molecule has 3 N–H and O–H groups in total. The Kier molecular flexibility index (Phi) is 6.32. The van der Waals surface area contributed by atoms with Crippen LogP contribution in [0.5, 0.6) is 0 Å². The lowest BCUT2D eigenvalue weighted by atomic mass is 10.2. The molecule has 0 fully saturated rings. The molecule has 1 aromatic carbocycles. The minimum atomic E-state index is -2.22. The molecule has 0 aliphatic rings. The van der Waals surface area contributed by atoms with Gasteiger partial charge in [-0.2, -0.15) is 0 Å². The lowest BCUT2D eigenvalue weighted by Crippen LogP contribution is -2.38. The fourth-order valence-corrected chi connectivity index (χ4v) is 3.43. The van der Waals surface area contributed by atoms with Crippen molar-refractivity contribution in [1.29, 1.82) is 0 Å². The Bertz CT molecular complexity index is 1160. The van der Waals surface area contributed by atoms with Gasteiger partial charge in [-0.1, -0.05) is 37.3 Å². The number of hydrogen-bond acceptors (Lipinski definition) is 6. The lowest BCUT2D eigenvalue weighted by Gasteiger charge is -2.16. The molecule has 3 aromatic rings. The molecule has 30 heavy (non-hydrogen) atoms. The second kappa shape index (κ2) is 8.76. The SMILES string of the molecule is CCCN(C)C(=O)n1c(=O)n(Cc2ccccc2)c2nc(C(C)S(=O)O)nc(N)c21. The molecule has 0 radical (unpaired) electrons. The third-order valence-electron chi connectivity index (χ3n) is 4.74. The number of anilines is 1. The van der Waals surface area contributed by atoms with Gasteiger partial charge in [0.25, 0.3) is 0 Å². The van der Waals surface area contributed by atoms with Crippen molar-refractivity contribution >= 4 is 34.1 Å². The van der Waals surface area contributed by atoms with Crippen molar-refractivity contribution in [3.63, 3.8) is 0 Å². The maximum absolute atomic E-state index is 13.3. The van der Waals surface area contributed by atoms with E-state index in [9.17, 15) is 18.4 Å². The van der Waals surface area contributed by atoms with Crippen LogP contribution in [0, 0.1) is 0 Å². The molecule has 1 amide bonds. The fraction of sp³-hybridized carbons (Fsp3) is 0.368. The number of amides is 1. The van der Waals surface area contributed by atoms with Gasteiger partial charge in [-0.05, 0) is 18.9 Å². The number of benzene rings is 1. The number of imidazole rings is 1. The average Bonchev–Trinajstić information content (AvgIpc) is 3.00. The van der Waals surface area contributed by atoms with E-state index >= 15 is 0 Å². The second-order valence-electron chi connectivity index (χ2n) is 6.95. The maximum atomic E-state index is 13.3. The Labute approximate surface area is 175 Å². The van der Waals surface area contributed by atoms with E-state index in [1.165, 1.54) is 16.4 Å². The summed E-state index contributed by atoms with van der Waals surface area (Å²) in [6, 6.07) is 8.68. The molecule has 0 spiro atoms. The summed E-state index contributed by atoms with van der Waals surface area (Å²) in [6.07, 6.45) is 0.718. The zero-order valence-electron chi connectivity index (χ0n) is 17.0. The van der Waals surface area contributed by atoms with Crippen LogP contribution in [0.25, 0.3) is 11.2 Å². The van der Waals surface area contributed by atoms with E-state index in [4.69, 9.17) is 5.73 Å². The third-order valence-corrected chi connectivity index (χ3v) is 5.55. The van der Waals surface area contributed by atoms with Crippen LogP contribution in [0.3, 0.4) is 0 Å². The first kappa shape index (κ1) is 21.7. The van der Waals surface area contributed by atoms with E-state index in [-0.39, 0.29) is 29.4 Å². The fourth-order valence-electron chi connectivity index (χ4n) is 3.15. The standard InChI is InChI=1S/C19H24N6O4S/c1-4-10-23(3)18(26)25-14-15(20)21-16(12(2)30(28)29)22-17(14)24(19(25)27)11-13-8-6-5-7-9-13/h5-9,12H,4,10-11H2,1-3H3,(H,28,29)(H2,20,21,22). The van der Waals surface area contributed by atoms with Crippen LogP contribution in [0.4, 0.5) is 10.6 Å². The second-order valence-corrected chi connectivity index (χ2v) is 8.21. The molecule has 11 heteroatoms. The summed E-state index contributed by atoms with van der Waals surface area (Å²) >= 11 is -2.22. The predicted octanol–water partition coefficient (Wildman–Crippen LogP) is 1.82. The van der Waals surface area contributed by atoms with Crippen LogP contribution in [0.2, 0.25) is 0 Å². The van der Waals surface area contributed by atoms with Gasteiger partial charge in [0.15, 0.2) is 28.4 Å². The van der Waals surface area contributed by atoms with E-state index in [1.807, 2.05) is 37.3 Å². The highest BCUT2D eigenvalue weighted by atomic mass is 32.2. The van der Waals surface area contributed by atoms with Gasteiger partial charge in [-0.15, -0.1) is 0 Å². The number of carbonyl (C=O) groups excluding carboxylic acids is 1. The lowest BCUT2D eigenvalue weighted by molar-refractivity contribution is 0.210. The van der Waals surface area contributed by atoms with E-state index in [0.29, 0.717) is 6.54 Å². The molecule has 160 valence electrons. The van der Waals surface area contributed by atoms with Gasteiger partial charge >= 0.3 is 11.7 Å². The number of nitrogens with zero attached hydrogens (tertiary/aromatic N) is 5. The van der Waals surface area contributed by atoms with Crippen LogP contribution in [-0.2, 0) is 17.6 Å². The molecular weight excluding hydrogens is 408 g/mol. The van der Waals surface area contributed by atoms with Gasteiger partial charge in [0.1, 0.15) is 10.8 Å². The van der Waals surface area contributed by atoms with Gasteiger partial charge < -0.3 is 15.2 Å². The number of hydrogen-bond donors (Lipinski definition) is 2. The normalized spacial score (nSPS) is 13.3. The molecule has 2 heterocycles. The number of aromatic nitrogens is 4. The van der Waals surface area contributed by atoms with Crippen molar-refractivity contribution in [2.75, 3.05) is 19.3 Å². The molecule has 10 nitrogen and oxygen atoms in total. The first-order valence-electron chi connectivity index (χ1n) is 9.43. The minimum absolute atomic E-state index is 0.0224. The van der Waals surface area contributed by atoms with Crippen molar-refractivity contribution in [2.45, 2.75) is 32.1 Å². The third kappa shape index (κ3) is 3.98. The summed E-state index contributed by atoms with van der Waals surface area (Å²) in [7, 11) is 1.60. The van der Waals surface area contributed by atoms with Crippen LogP contribution in [0.1, 0.15) is 36.9 Å². The van der Waals surface area contributed by atoms with E-state index in [1.54, 1.807) is 7.05 Å². The number of nitrogens with two attached hydrogens (primary N) is 1. The Balaban J connectivity index is 2.28. The topological polar surface area (TPSA) is 136 Å². The van der Waals surface area contributed by atoms with Crippen molar-refractivity contribution in [3.8, 4) is 0 Å². The van der Waals surface area contributed by atoms with Gasteiger partial charge in [0.05, 0.1) is 6.54 Å². The van der Waals surface area contributed by atoms with Crippen molar-refractivity contribution in [1.82, 2.24) is 24.0 Å². The molecule has 0 aliphatic heterocycles. The zero-order chi connectivity index (χ0) is 22.0. The molecule has 2 aromatic heterocycles. The molecule has 2 atom stereocenters. The van der Waals surface area contributed by atoms with E-state index in [0.717, 1.165) is 16.6 Å². The summed E-state index contributed by atoms with van der Waals surface area (Å²) in [5, 5.41) is -0.918. The summed E-state index contributed by atoms with van der Waals surface area (Å²) in [6.45, 7) is 4.01. The average molecular weight is 433 g/mol. The van der Waals surface area contributed by atoms with Crippen molar-refractivity contribution < 1.29 is 13.6 Å². The largest absolute Gasteiger partial charge is 0.382 e. The van der Waals surface area contributed by atoms with E-state index < -0.39 is 28.1 Å². The number of carbonyl (C=O) groups is 1. The van der Waals surface area contributed by atoms with Gasteiger partial charge in [0.2, 0.25) is 0 Å². The summed E-state index contributed by atoms with van der Waals surface area (Å²) in [5.41, 5.74) is 6.56. The number of nitrogen functional groups attached to an aromatic ring is 1. The highest BCUT2D eigenvalue weighted by Gasteiger charge is 2.27. The minimum Gasteiger partial charge on any atom is -0.382 e. The molecular formula is C19H24N6O4S. The smallest absolute Gasteiger partial charge is 0.339 e. The van der Waals surface area contributed by atoms with Crippen molar-refractivity contribution in [2.24, 2.45) is 0 Å². The molecule has 0 saturated carbocycles. The molecule has 2 unspecified atom stereocenters. The Morgan fingerprint density at radius 2 is 1.97 bits per heavy atom. The highest BCUT2D eigenvalue weighted by molar-refractivity contribution is 7.79. The molecule has 0 aliphatic carbocycles. The van der Waals surface area contributed by atoms with Gasteiger partial charge in [0, 0.05) is 13.6 Å². The molecule has 0 saturated heterocycles. The highest BCUT2D eigenvalue weighted by Crippen LogP contribution is 2.23. The maximum Gasteiger partial charge on any atom is 0.339 e. The van der Waals surface area contributed by atoms with Crippen LogP contribution in [0.15, 0.2) is 35.1 Å². The monoisotopic (exact) mass is 432 g/mol. The summed E-state index contributed by atoms with van der Waals surface area (Å²) in [5.74, 6) is -0.0800. The molecule has 3 rings (SSSR count). The Hall–Kier alpha value is -3.05. The number of rotatable bonds is 6. The zero-order valence-corrected chi connectivity index (χ0v) is 17.8. The molecule has 0 bridgehead atoms. The number of fused-ring (bicyclic) bond motifs is 1. The first-order valence-corrected chi connectivity index (χ1v) is 10.6. The van der Waals surface area contributed by atoms with Crippen LogP contribution in [-0.4, -0.2) is 52.4 Å². The van der Waals surface area contributed by atoms with Crippen molar-refractivity contribution in [3.05, 3.63) is 52.2 Å².